The molecule has 0 aliphatic carbocycles. The van der Waals surface area contributed by atoms with E-state index in [-0.39, 0.29) is 29.3 Å². The number of carboxylic acid groups (broad SMARTS) is 1. The van der Waals surface area contributed by atoms with Crippen LogP contribution in [0.5, 0.6) is 0 Å². The zero-order valence-corrected chi connectivity index (χ0v) is 10.5. The lowest BCUT2D eigenvalue weighted by molar-refractivity contribution is -0.137. The van der Waals surface area contributed by atoms with Crippen molar-refractivity contribution in [2.24, 2.45) is 0 Å². The lowest BCUT2D eigenvalue weighted by atomic mass is 10.3. The Labute approximate surface area is 104 Å². The number of carboxylic acids is 1. The van der Waals surface area contributed by atoms with Gasteiger partial charge in [-0.15, -0.1) is 0 Å². The van der Waals surface area contributed by atoms with Crippen LogP contribution in [-0.2, 0) is 14.8 Å². The summed E-state index contributed by atoms with van der Waals surface area (Å²) in [7, 11) is -3.66. The van der Waals surface area contributed by atoms with Gasteiger partial charge in [0.05, 0.1) is 5.02 Å². The zero-order chi connectivity index (χ0) is 12.9. The number of aliphatic carboxylic acids is 1. The third-order valence-corrected chi connectivity index (χ3v) is 3.95. The minimum atomic E-state index is -3.66. The molecule has 0 unspecified atom stereocenters. The quantitative estimate of drug-likeness (QED) is 0.772. The van der Waals surface area contributed by atoms with Crippen molar-refractivity contribution in [3.63, 3.8) is 0 Å². The SMILES string of the molecule is O=C(O)CCCNS(=O)(=O)c1ccccc1Cl. The number of benzene rings is 1. The molecule has 0 heterocycles. The van der Waals surface area contributed by atoms with Gasteiger partial charge in [0.15, 0.2) is 0 Å². The second-order valence-corrected chi connectivity index (χ2v) is 5.47. The summed E-state index contributed by atoms with van der Waals surface area (Å²) in [6.07, 6.45) is 0.157. The minimum Gasteiger partial charge on any atom is -0.481 e. The van der Waals surface area contributed by atoms with E-state index in [9.17, 15) is 13.2 Å². The molecular weight excluding hydrogens is 266 g/mol. The Morgan fingerprint density at radius 3 is 2.59 bits per heavy atom. The smallest absolute Gasteiger partial charge is 0.303 e. The standard InChI is InChI=1S/C10H12ClNO4S/c11-8-4-1-2-5-9(8)17(15,16)12-7-3-6-10(13)14/h1-2,4-5,12H,3,6-7H2,(H,13,14). The average Bonchev–Trinajstić information content (AvgIpc) is 2.24. The Kier molecular flexibility index (Phi) is 4.92. The molecule has 0 saturated heterocycles. The van der Waals surface area contributed by atoms with Gasteiger partial charge in [-0.05, 0) is 18.6 Å². The number of hydrogen-bond acceptors (Lipinski definition) is 3. The number of carbonyl (C=O) groups is 1. The van der Waals surface area contributed by atoms with Crippen molar-refractivity contribution >= 4 is 27.6 Å². The Bertz CT molecular complexity index is 501. The minimum absolute atomic E-state index is 0.00279. The van der Waals surface area contributed by atoms with Gasteiger partial charge in [0.2, 0.25) is 10.0 Å². The molecule has 0 aliphatic heterocycles. The molecule has 0 atom stereocenters. The highest BCUT2D eigenvalue weighted by molar-refractivity contribution is 7.89. The molecule has 17 heavy (non-hydrogen) atoms. The molecule has 0 aliphatic rings. The molecule has 0 amide bonds. The molecule has 0 bridgehead atoms. The zero-order valence-electron chi connectivity index (χ0n) is 8.89. The molecule has 1 rings (SSSR count). The molecule has 7 heteroatoms. The molecule has 0 radical (unpaired) electrons. The van der Waals surface area contributed by atoms with E-state index in [4.69, 9.17) is 16.7 Å². The van der Waals surface area contributed by atoms with Gasteiger partial charge in [0.1, 0.15) is 4.90 Å². The van der Waals surface area contributed by atoms with Gasteiger partial charge in [0.25, 0.3) is 0 Å². The van der Waals surface area contributed by atoms with Crippen molar-refractivity contribution in [1.29, 1.82) is 0 Å². The predicted molar refractivity (Wildman–Crippen MR) is 63.5 cm³/mol. The highest BCUT2D eigenvalue weighted by atomic mass is 35.5. The van der Waals surface area contributed by atoms with Crippen molar-refractivity contribution in [1.82, 2.24) is 4.72 Å². The van der Waals surface area contributed by atoms with Crippen LogP contribution in [0.4, 0.5) is 0 Å². The molecule has 0 fully saturated rings. The van der Waals surface area contributed by atoms with Crippen molar-refractivity contribution < 1.29 is 18.3 Å². The van der Waals surface area contributed by atoms with E-state index < -0.39 is 16.0 Å². The third-order valence-electron chi connectivity index (χ3n) is 1.99. The molecule has 5 nitrogen and oxygen atoms in total. The molecule has 94 valence electrons. The second kappa shape index (κ2) is 6.00. The van der Waals surface area contributed by atoms with Crippen LogP contribution in [0.1, 0.15) is 12.8 Å². The van der Waals surface area contributed by atoms with E-state index >= 15 is 0 Å². The maximum Gasteiger partial charge on any atom is 0.303 e. The summed E-state index contributed by atoms with van der Waals surface area (Å²) < 4.78 is 25.8. The summed E-state index contributed by atoms with van der Waals surface area (Å²) in [5.74, 6) is -0.957. The fourth-order valence-corrected chi connectivity index (χ4v) is 2.78. The van der Waals surface area contributed by atoms with E-state index in [1.54, 1.807) is 12.1 Å². The van der Waals surface area contributed by atoms with Gasteiger partial charge in [-0.25, -0.2) is 13.1 Å². The number of halogens is 1. The van der Waals surface area contributed by atoms with Crippen LogP contribution in [0, 0.1) is 0 Å². The van der Waals surface area contributed by atoms with Crippen LogP contribution in [0.25, 0.3) is 0 Å². The molecule has 1 aromatic carbocycles. The fourth-order valence-electron chi connectivity index (χ4n) is 1.19. The second-order valence-electron chi connectivity index (χ2n) is 3.33. The topological polar surface area (TPSA) is 83.5 Å². The van der Waals surface area contributed by atoms with Crippen molar-refractivity contribution in [3.05, 3.63) is 29.3 Å². The Morgan fingerprint density at radius 1 is 1.35 bits per heavy atom. The van der Waals surface area contributed by atoms with Gasteiger partial charge in [0, 0.05) is 13.0 Å². The molecule has 0 aromatic heterocycles. The monoisotopic (exact) mass is 277 g/mol. The fraction of sp³-hybridized carbons (Fsp3) is 0.300. The number of hydrogen-bond donors (Lipinski definition) is 2. The lowest BCUT2D eigenvalue weighted by Crippen LogP contribution is -2.25. The first-order chi connectivity index (χ1) is 7.93. The highest BCUT2D eigenvalue weighted by Crippen LogP contribution is 2.19. The Morgan fingerprint density at radius 2 is 2.00 bits per heavy atom. The first kappa shape index (κ1) is 14.0. The number of sulfonamides is 1. The van der Waals surface area contributed by atoms with E-state index in [1.807, 2.05) is 0 Å². The van der Waals surface area contributed by atoms with Crippen LogP contribution in [0.3, 0.4) is 0 Å². The van der Waals surface area contributed by atoms with Crippen LogP contribution in [0.15, 0.2) is 29.2 Å². The summed E-state index contributed by atoms with van der Waals surface area (Å²) >= 11 is 5.76. The number of nitrogens with one attached hydrogen (secondary N) is 1. The van der Waals surface area contributed by atoms with E-state index in [1.165, 1.54) is 12.1 Å². The molecular formula is C10H12ClNO4S. The van der Waals surface area contributed by atoms with Crippen molar-refractivity contribution in [2.45, 2.75) is 17.7 Å². The summed E-state index contributed by atoms with van der Waals surface area (Å²) in [6, 6.07) is 6.07. The van der Waals surface area contributed by atoms with Crippen LogP contribution in [-0.4, -0.2) is 26.0 Å². The van der Waals surface area contributed by atoms with Crippen LogP contribution < -0.4 is 4.72 Å². The van der Waals surface area contributed by atoms with Crippen LogP contribution >= 0.6 is 11.6 Å². The summed E-state index contributed by atoms with van der Waals surface area (Å²) in [6.45, 7) is 0.0693. The third kappa shape index (κ3) is 4.33. The summed E-state index contributed by atoms with van der Waals surface area (Å²) in [4.78, 5) is 10.2. The van der Waals surface area contributed by atoms with Gasteiger partial charge in [-0.3, -0.25) is 4.79 Å². The summed E-state index contributed by atoms with van der Waals surface area (Å²) in [5.41, 5.74) is 0. The van der Waals surface area contributed by atoms with Gasteiger partial charge in [-0.1, -0.05) is 23.7 Å². The van der Waals surface area contributed by atoms with Gasteiger partial charge < -0.3 is 5.11 Å². The largest absolute Gasteiger partial charge is 0.481 e. The Hall–Kier alpha value is -1.11. The van der Waals surface area contributed by atoms with Gasteiger partial charge in [-0.2, -0.15) is 0 Å². The van der Waals surface area contributed by atoms with E-state index in [0.717, 1.165) is 0 Å². The Balaban J connectivity index is 2.64. The maximum absolute atomic E-state index is 11.8. The molecule has 0 spiro atoms. The first-order valence-electron chi connectivity index (χ1n) is 4.89. The normalized spacial score (nSPS) is 11.4. The van der Waals surface area contributed by atoms with E-state index in [0.29, 0.717) is 0 Å². The van der Waals surface area contributed by atoms with Gasteiger partial charge >= 0.3 is 5.97 Å². The molecule has 2 N–H and O–H groups in total. The lowest BCUT2D eigenvalue weighted by Gasteiger charge is -2.07. The molecule has 0 saturated carbocycles. The predicted octanol–water partition coefficient (Wildman–Crippen LogP) is 1.48. The average molecular weight is 278 g/mol. The van der Waals surface area contributed by atoms with Crippen molar-refractivity contribution in [3.8, 4) is 0 Å². The summed E-state index contributed by atoms with van der Waals surface area (Å²) in [5, 5.41) is 8.54. The molecule has 1 aromatic rings. The first-order valence-corrected chi connectivity index (χ1v) is 6.75. The maximum atomic E-state index is 11.8. The number of rotatable bonds is 6. The van der Waals surface area contributed by atoms with E-state index in [2.05, 4.69) is 4.72 Å². The van der Waals surface area contributed by atoms with Crippen molar-refractivity contribution in [2.75, 3.05) is 6.54 Å². The van der Waals surface area contributed by atoms with Crippen LogP contribution in [0.2, 0.25) is 5.02 Å². The highest BCUT2D eigenvalue weighted by Gasteiger charge is 2.16.